The highest BCUT2D eigenvalue weighted by Crippen LogP contribution is 2.26. The van der Waals surface area contributed by atoms with Crippen LogP contribution in [-0.2, 0) is 14.3 Å². The van der Waals surface area contributed by atoms with Crippen LogP contribution in [0.5, 0.6) is 0 Å². The van der Waals surface area contributed by atoms with Crippen molar-refractivity contribution in [2.45, 2.75) is 12.5 Å². The number of thiophene rings is 1. The summed E-state index contributed by atoms with van der Waals surface area (Å²) in [4.78, 5) is 35.0. The van der Waals surface area contributed by atoms with Gasteiger partial charge in [-0.3, -0.25) is 9.59 Å². The third-order valence-electron chi connectivity index (χ3n) is 3.33. The Kier molecular flexibility index (Phi) is 7.10. The third kappa shape index (κ3) is 6.17. The first-order valence-electron chi connectivity index (χ1n) is 7.73. The zero-order valence-electron chi connectivity index (χ0n) is 13.7. The van der Waals surface area contributed by atoms with Crippen LogP contribution < -0.4 is 16.4 Å². The number of benzene rings is 1. The third-order valence-corrected chi connectivity index (χ3v) is 4.27. The van der Waals surface area contributed by atoms with Gasteiger partial charge < -0.3 is 21.1 Å². The van der Waals surface area contributed by atoms with Crippen molar-refractivity contribution < 1.29 is 23.5 Å². The van der Waals surface area contributed by atoms with E-state index in [-0.39, 0.29) is 18.8 Å². The summed E-state index contributed by atoms with van der Waals surface area (Å²) in [6.45, 7) is -0.429. The Morgan fingerprint density at radius 1 is 1.19 bits per heavy atom. The molecule has 0 aliphatic carbocycles. The molecule has 0 spiro atoms. The first kappa shape index (κ1) is 19.4. The molecule has 0 unspecified atom stereocenters. The highest BCUT2D eigenvalue weighted by Gasteiger charge is 2.19. The van der Waals surface area contributed by atoms with E-state index in [0.29, 0.717) is 5.56 Å². The van der Waals surface area contributed by atoms with Crippen LogP contribution in [0.1, 0.15) is 22.9 Å². The zero-order chi connectivity index (χ0) is 18.9. The largest absolute Gasteiger partial charge is 0.456 e. The SMILES string of the molecule is NC(=O)NCCC(=O)OCC(=O)N[C@H](c1ccc(F)cc1)c1cccs1. The van der Waals surface area contributed by atoms with E-state index in [2.05, 4.69) is 10.6 Å². The number of nitrogens with two attached hydrogens (primary N) is 1. The molecule has 2 rings (SSSR count). The molecule has 0 bridgehead atoms. The van der Waals surface area contributed by atoms with E-state index in [9.17, 15) is 18.8 Å². The summed E-state index contributed by atoms with van der Waals surface area (Å²) >= 11 is 1.44. The second kappa shape index (κ2) is 9.52. The van der Waals surface area contributed by atoms with Crippen molar-refractivity contribution >= 4 is 29.2 Å². The molecule has 26 heavy (non-hydrogen) atoms. The lowest BCUT2D eigenvalue weighted by atomic mass is 10.1. The van der Waals surface area contributed by atoms with Crippen LogP contribution in [0.4, 0.5) is 9.18 Å². The number of primary amides is 1. The van der Waals surface area contributed by atoms with E-state index in [0.717, 1.165) is 4.88 Å². The molecule has 0 saturated heterocycles. The molecule has 1 heterocycles. The molecule has 0 aliphatic heterocycles. The first-order chi connectivity index (χ1) is 12.5. The number of halogens is 1. The molecule has 0 aliphatic rings. The van der Waals surface area contributed by atoms with Crippen molar-refractivity contribution in [2.24, 2.45) is 5.73 Å². The molecule has 4 N–H and O–H groups in total. The smallest absolute Gasteiger partial charge is 0.312 e. The minimum Gasteiger partial charge on any atom is -0.456 e. The number of carbonyl (C=O) groups is 3. The number of carbonyl (C=O) groups excluding carboxylic acids is 3. The number of hydrogen-bond donors (Lipinski definition) is 3. The van der Waals surface area contributed by atoms with Gasteiger partial charge in [0.1, 0.15) is 5.82 Å². The van der Waals surface area contributed by atoms with E-state index in [1.807, 2.05) is 17.5 Å². The molecule has 0 fully saturated rings. The summed E-state index contributed by atoms with van der Waals surface area (Å²) < 4.78 is 18.0. The normalized spacial score (nSPS) is 11.4. The fourth-order valence-electron chi connectivity index (χ4n) is 2.14. The van der Waals surface area contributed by atoms with E-state index < -0.39 is 30.6 Å². The summed E-state index contributed by atoms with van der Waals surface area (Å²) in [6.07, 6.45) is -0.0947. The van der Waals surface area contributed by atoms with Gasteiger partial charge in [0.25, 0.3) is 5.91 Å². The second-order valence-corrected chi connectivity index (χ2v) is 6.25. The zero-order valence-corrected chi connectivity index (χ0v) is 14.6. The number of rotatable bonds is 8. The fraction of sp³-hybridized carbons (Fsp3) is 0.235. The van der Waals surface area contributed by atoms with Crippen molar-refractivity contribution in [2.75, 3.05) is 13.2 Å². The average Bonchev–Trinajstić information content (AvgIpc) is 3.13. The molecule has 1 aromatic heterocycles. The van der Waals surface area contributed by atoms with Gasteiger partial charge in [0.05, 0.1) is 12.5 Å². The van der Waals surface area contributed by atoms with Gasteiger partial charge in [0, 0.05) is 11.4 Å². The molecule has 3 amide bonds. The molecule has 0 saturated carbocycles. The number of nitrogens with one attached hydrogen (secondary N) is 2. The summed E-state index contributed by atoms with van der Waals surface area (Å²) in [5, 5.41) is 6.88. The van der Waals surface area contributed by atoms with Gasteiger partial charge in [-0.05, 0) is 29.1 Å². The molecule has 7 nitrogen and oxygen atoms in total. The monoisotopic (exact) mass is 379 g/mol. The quantitative estimate of drug-likeness (QED) is 0.606. The number of amides is 3. The highest BCUT2D eigenvalue weighted by molar-refractivity contribution is 7.10. The van der Waals surface area contributed by atoms with E-state index in [1.165, 1.54) is 23.5 Å². The van der Waals surface area contributed by atoms with E-state index in [4.69, 9.17) is 10.5 Å². The van der Waals surface area contributed by atoms with E-state index in [1.54, 1.807) is 12.1 Å². The molecule has 138 valence electrons. The Balaban J connectivity index is 1.91. The fourth-order valence-corrected chi connectivity index (χ4v) is 2.94. The lowest BCUT2D eigenvalue weighted by molar-refractivity contribution is -0.148. The number of ether oxygens (including phenoxy) is 1. The molecule has 9 heteroatoms. The first-order valence-corrected chi connectivity index (χ1v) is 8.61. The van der Waals surface area contributed by atoms with Gasteiger partial charge in [0.15, 0.2) is 6.61 Å². The Morgan fingerprint density at radius 2 is 1.92 bits per heavy atom. The van der Waals surface area contributed by atoms with Gasteiger partial charge in [-0.15, -0.1) is 11.3 Å². The lowest BCUT2D eigenvalue weighted by Gasteiger charge is -2.18. The number of esters is 1. The predicted molar refractivity (Wildman–Crippen MR) is 93.9 cm³/mol. The maximum atomic E-state index is 13.1. The van der Waals surface area contributed by atoms with Crippen molar-refractivity contribution in [3.63, 3.8) is 0 Å². The van der Waals surface area contributed by atoms with Gasteiger partial charge in [-0.2, -0.15) is 0 Å². The standard InChI is InChI=1S/C17H18FN3O4S/c18-12-5-3-11(4-6-12)16(13-2-1-9-26-13)21-14(22)10-25-15(23)7-8-20-17(19)24/h1-6,9,16H,7-8,10H2,(H,21,22)(H3,19,20,24)/t16-/m1/s1. The highest BCUT2D eigenvalue weighted by atomic mass is 32.1. The minimum absolute atomic E-state index is 0.0309. The maximum Gasteiger partial charge on any atom is 0.312 e. The van der Waals surface area contributed by atoms with Crippen LogP contribution in [0.25, 0.3) is 0 Å². The van der Waals surface area contributed by atoms with Gasteiger partial charge in [-0.1, -0.05) is 18.2 Å². The predicted octanol–water partition coefficient (Wildman–Crippen LogP) is 1.69. The van der Waals surface area contributed by atoms with Gasteiger partial charge >= 0.3 is 12.0 Å². The lowest BCUT2D eigenvalue weighted by Crippen LogP contribution is -2.34. The van der Waals surface area contributed by atoms with Crippen molar-refractivity contribution in [1.82, 2.24) is 10.6 Å². The average molecular weight is 379 g/mol. The van der Waals surface area contributed by atoms with Crippen LogP contribution in [-0.4, -0.2) is 31.1 Å². The summed E-state index contributed by atoms with van der Waals surface area (Å²) in [5.74, 6) is -1.50. The molecular weight excluding hydrogens is 361 g/mol. The summed E-state index contributed by atoms with van der Waals surface area (Å²) in [5.41, 5.74) is 5.59. The molecular formula is C17H18FN3O4S. The number of urea groups is 1. The topological polar surface area (TPSA) is 111 Å². The van der Waals surface area contributed by atoms with Crippen molar-refractivity contribution in [3.05, 3.63) is 58.0 Å². The molecule has 2 aromatic rings. The molecule has 1 aromatic carbocycles. The van der Waals surface area contributed by atoms with Crippen molar-refractivity contribution in [1.29, 1.82) is 0 Å². The van der Waals surface area contributed by atoms with Crippen LogP contribution >= 0.6 is 11.3 Å². The Hall–Kier alpha value is -2.94. The second-order valence-electron chi connectivity index (χ2n) is 5.27. The van der Waals surface area contributed by atoms with Crippen LogP contribution in [0.3, 0.4) is 0 Å². The minimum atomic E-state index is -0.742. The molecule has 0 radical (unpaired) electrons. The van der Waals surface area contributed by atoms with Gasteiger partial charge in [-0.25, -0.2) is 9.18 Å². The maximum absolute atomic E-state index is 13.1. The van der Waals surface area contributed by atoms with Crippen LogP contribution in [0.2, 0.25) is 0 Å². The number of hydrogen-bond acceptors (Lipinski definition) is 5. The molecule has 1 atom stereocenters. The summed E-state index contributed by atoms with van der Waals surface area (Å²) in [7, 11) is 0. The van der Waals surface area contributed by atoms with Gasteiger partial charge in [0.2, 0.25) is 0 Å². The van der Waals surface area contributed by atoms with Crippen LogP contribution in [0.15, 0.2) is 41.8 Å². The summed E-state index contributed by atoms with van der Waals surface area (Å²) in [6, 6.07) is 8.27. The Labute approximate surface area is 153 Å². The van der Waals surface area contributed by atoms with Crippen LogP contribution in [0, 0.1) is 5.82 Å². The Morgan fingerprint density at radius 3 is 2.54 bits per heavy atom. The van der Waals surface area contributed by atoms with Crippen molar-refractivity contribution in [3.8, 4) is 0 Å². The van der Waals surface area contributed by atoms with E-state index >= 15 is 0 Å². The Bertz CT molecular complexity index is 750.